The predicted octanol–water partition coefficient (Wildman–Crippen LogP) is 4.27. The summed E-state index contributed by atoms with van der Waals surface area (Å²) < 4.78 is 5.73. The molecule has 0 aromatic heterocycles. The molecule has 4 heteroatoms. The van der Waals surface area contributed by atoms with Crippen molar-refractivity contribution < 1.29 is 19.4 Å². The summed E-state index contributed by atoms with van der Waals surface area (Å²) in [6.45, 7) is 0. The summed E-state index contributed by atoms with van der Waals surface area (Å²) in [6, 6.07) is 16.2. The Morgan fingerprint density at radius 1 is 0.875 bits per heavy atom. The number of hydrogen-bond donors (Lipinski definition) is 1. The quantitative estimate of drug-likeness (QED) is 0.853. The number of ether oxygens (including phenoxy) is 1. The summed E-state index contributed by atoms with van der Waals surface area (Å²) >= 11 is 0. The van der Waals surface area contributed by atoms with E-state index in [0.717, 1.165) is 25.7 Å². The zero-order valence-electron chi connectivity index (χ0n) is 13.4. The van der Waals surface area contributed by atoms with Crippen LogP contribution in [0.3, 0.4) is 0 Å². The van der Waals surface area contributed by atoms with Gasteiger partial charge in [-0.3, -0.25) is 0 Å². The van der Waals surface area contributed by atoms with Crippen molar-refractivity contribution in [3.8, 4) is 0 Å². The Kier molecular flexibility index (Phi) is 4.94. The Hall–Kier alpha value is -2.62. The van der Waals surface area contributed by atoms with E-state index in [4.69, 9.17) is 4.74 Å². The van der Waals surface area contributed by atoms with Crippen molar-refractivity contribution in [2.45, 2.75) is 37.7 Å². The van der Waals surface area contributed by atoms with Crippen LogP contribution < -0.4 is 0 Å². The molecule has 0 amide bonds. The number of carboxylic acids is 1. The number of carbonyl (C=O) groups is 2. The van der Waals surface area contributed by atoms with Crippen molar-refractivity contribution in [1.29, 1.82) is 0 Å². The highest BCUT2D eigenvalue weighted by molar-refractivity contribution is 6.02. The third kappa shape index (κ3) is 3.48. The first-order valence-corrected chi connectivity index (χ1v) is 8.25. The largest absolute Gasteiger partial charge is 0.478 e. The molecule has 1 aliphatic carbocycles. The lowest BCUT2D eigenvalue weighted by atomic mass is 9.81. The van der Waals surface area contributed by atoms with Gasteiger partial charge in [0.1, 0.15) is 6.10 Å². The van der Waals surface area contributed by atoms with Gasteiger partial charge in [-0.15, -0.1) is 0 Å². The fourth-order valence-electron chi connectivity index (χ4n) is 3.37. The van der Waals surface area contributed by atoms with Crippen molar-refractivity contribution in [3.05, 3.63) is 71.3 Å². The van der Waals surface area contributed by atoms with Crippen molar-refractivity contribution in [2.24, 2.45) is 0 Å². The molecule has 0 saturated heterocycles. The van der Waals surface area contributed by atoms with Crippen LogP contribution in [-0.2, 0) is 4.74 Å². The molecular formula is C20H20O4. The summed E-state index contributed by atoms with van der Waals surface area (Å²) in [4.78, 5) is 23.8. The minimum atomic E-state index is -1.12. The van der Waals surface area contributed by atoms with Crippen LogP contribution in [0.2, 0.25) is 0 Å². The molecule has 1 N–H and O–H groups in total. The molecule has 24 heavy (non-hydrogen) atoms. The minimum Gasteiger partial charge on any atom is -0.478 e. The smallest absolute Gasteiger partial charge is 0.339 e. The maximum atomic E-state index is 12.5. The molecule has 4 nitrogen and oxygen atoms in total. The molecule has 1 saturated carbocycles. The zero-order chi connectivity index (χ0) is 16.9. The maximum Gasteiger partial charge on any atom is 0.339 e. The van der Waals surface area contributed by atoms with Crippen LogP contribution >= 0.6 is 0 Å². The number of carbonyl (C=O) groups excluding carboxylic acids is 1. The molecule has 0 spiro atoms. The molecule has 1 fully saturated rings. The number of aromatic carboxylic acids is 1. The topological polar surface area (TPSA) is 63.6 Å². The summed E-state index contributed by atoms with van der Waals surface area (Å²) in [5, 5.41) is 9.24. The Bertz CT molecular complexity index is 723. The molecule has 3 rings (SSSR count). The SMILES string of the molecule is O=C(O)c1ccccc1C(=O)O[C@@H]1CCCC[C@@H]1c1ccccc1. The van der Waals surface area contributed by atoms with E-state index in [2.05, 4.69) is 12.1 Å². The van der Waals surface area contributed by atoms with Gasteiger partial charge < -0.3 is 9.84 Å². The molecule has 0 aliphatic heterocycles. The Morgan fingerprint density at radius 3 is 2.21 bits per heavy atom. The van der Waals surface area contributed by atoms with Gasteiger partial charge in [-0.1, -0.05) is 48.9 Å². The summed E-state index contributed by atoms with van der Waals surface area (Å²) in [7, 11) is 0. The van der Waals surface area contributed by atoms with Crippen molar-refractivity contribution in [1.82, 2.24) is 0 Å². The average molecular weight is 324 g/mol. The van der Waals surface area contributed by atoms with Crippen LogP contribution in [-0.4, -0.2) is 23.1 Å². The summed E-state index contributed by atoms with van der Waals surface area (Å²) in [6.07, 6.45) is 3.69. The molecule has 2 aromatic carbocycles. The number of rotatable bonds is 4. The van der Waals surface area contributed by atoms with E-state index >= 15 is 0 Å². The van der Waals surface area contributed by atoms with Crippen LogP contribution in [0.25, 0.3) is 0 Å². The Morgan fingerprint density at radius 2 is 1.50 bits per heavy atom. The van der Waals surface area contributed by atoms with Gasteiger partial charge >= 0.3 is 11.9 Å². The second kappa shape index (κ2) is 7.30. The van der Waals surface area contributed by atoms with Gasteiger partial charge in [0.25, 0.3) is 0 Å². The highest BCUT2D eigenvalue weighted by Gasteiger charge is 2.30. The van der Waals surface area contributed by atoms with Gasteiger partial charge in [0.05, 0.1) is 11.1 Å². The lowest BCUT2D eigenvalue weighted by Gasteiger charge is -2.31. The van der Waals surface area contributed by atoms with Gasteiger partial charge in [0, 0.05) is 5.92 Å². The molecule has 0 bridgehead atoms. The first kappa shape index (κ1) is 16.2. The normalized spacial score (nSPS) is 20.3. The fraction of sp³-hybridized carbons (Fsp3) is 0.300. The van der Waals surface area contributed by atoms with Crippen LogP contribution in [0.15, 0.2) is 54.6 Å². The van der Waals surface area contributed by atoms with E-state index in [1.165, 1.54) is 17.7 Å². The molecule has 2 aromatic rings. The summed E-state index contributed by atoms with van der Waals surface area (Å²) in [5.74, 6) is -1.51. The highest BCUT2D eigenvalue weighted by Crippen LogP contribution is 2.35. The van der Waals surface area contributed by atoms with Gasteiger partial charge in [0.2, 0.25) is 0 Å². The van der Waals surface area contributed by atoms with E-state index in [1.54, 1.807) is 12.1 Å². The standard InChI is InChI=1S/C20H20O4/c21-19(22)16-11-4-5-12-17(16)20(23)24-18-13-7-6-10-15(18)14-8-2-1-3-9-14/h1-5,8-9,11-12,15,18H,6-7,10,13H2,(H,21,22)/t15-,18-/m1/s1. The first-order chi connectivity index (χ1) is 11.7. The number of hydrogen-bond acceptors (Lipinski definition) is 3. The lowest BCUT2D eigenvalue weighted by molar-refractivity contribution is 0.0138. The molecular weight excluding hydrogens is 304 g/mol. The predicted molar refractivity (Wildman–Crippen MR) is 90.3 cm³/mol. The van der Waals surface area contributed by atoms with Crippen LogP contribution in [0.1, 0.15) is 57.9 Å². The zero-order valence-corrected chi connectivity index (χ0v) is 13.4. The number of benzene rings is 2. The van der Waals surface area contributed by atoms with E-state index < -0.39 is 11.9 Å². The summed E-state index contributed by atoms with van der Waals surface area (Å²) in [5.41, 5.74) is 1.26. The first-order valence-electron chi connectivity index (χ1n) is 8.25. The molecule has 0 heterocycles. The number of carboxylic acid groups (broad SMARTS) is 1. The molecule has 124 valence electrons. The molecule has 1 aliphatic rings. The van der Waals surface area contributed by atoms with E-state index in [-0.39, 0.29) is 23.1 Å². The van der Waals surface area contributed by atoms with E-state index in [1.807, 2.05) is 18.2 Å². The van der Waals surface area contributed by atoms with Gasteiger partial charge in [-0.25, -0.2) is 9.59 Å². The molecule has 2 atom stereocenters. The van der Waals surface area contributed by atoms with E-state index in [0.29, 0.717) is 0 Å². The second-order valence-corrected chi connectivity index (χ2v) is 6.10. The van der Waals surface area contributed by atoms with Crippen LogP contribution in [0, 0.1) is 0 Å². The highest BCUT2D eigenvalue weighted by atomic mass is 16.5. The fourth-order valence-corrected chi connectivity index (χ4v) is 3.37. The van der Waals surface area contributed by atoms with Crippen LogP contribution in [0.5, 0.6) is 0 Å². The number of esters is 1. The monoisotopic (exact) mass is 324 g/mol. The lowest BCUT2D eigenvalue weighted by Crippen LogP contribution is -2.29. The maximum absolute atomic E-state index is 12.5. The van der Waals surface area contributed by atoms with Crippen LogP contribution in [0.4, 0.5) is 0 Å². The third-order valence-electron chi connectivity index (χ3n) is 4.57. The van der Waals surface area contributed by atoms with Crippen molar-refractivity contribution in [3.63, 3.8) is 0 Å². The Labute approximate surface area is 141 Å². The van der Waals surface area contributed by atoms with Gasteiger partial charge in [0.15, 0.2) is 0 Å². The molecule has 0 unspecified atom stereocenters. The third-order valence-corrected chi connectivity index (χ3v) is 4.57. The van der Waals surface area contributed by atoms with Gasteiger partial charge in [-0.2, -0.15) is 0 Å². The van der Waals surface area contributed by atoms with Crippen molar-refractivity contribution >= 4 is 11.9 Å². The van der Waals surface area contributed by atoms with Gasteiger partial charge in [-0.05, 0) is 37.0 Å². The second-order valence-electron chi connectivity index (χ2n) is 6.10. The van der Waals surface area contributed by atoms with E-state index in [9.17, 15) is 14.7 Å². The average Bonchev–Trinajstić information content (AvgIpc) is 2.63. The Balaban J connectivity index is 1.81. The minimum absolute atomic E-state index is 0.0189. The molecule has 0 radical (unpaired) electrons. The van der Waals surface area contributed by atoms with Crippen molar-refractivity contribution in [2.75, 3.05) is 0 Å².